The molecule has 1 unspecified atom stereocenters. The van der Waals surface area contributed by atoms with Gasteiger partial charge in [-0.25, -0.2) is 0 Å². The zero-order valence-electron chi connectivity index (χ0n) is 16.3. The van der Waals surface area contributed by atoms with E-state index in [4.69, 9.17) is 4.74 Å². The monoisotopic (exact) mass is 359 g/mol. The minimum atomic E-state index is 0.163. The molecule has 2 saturated heterocycles. The zero-order chi connectivity index (χ0) is 18.4. The molecule has 5 heteroatoms. The molecule has 1 aromatic carbocycles. The highest BCUT2D eigenvalue weighted by Crippen LogP contribution is 2.21. The molecule has 1 atom stereocenters. The SMILES string of the molecule is COc1ccc(C(=O)N(CCN2CCCCC2)C2CCCNC2)c(C)c1. The summed E-state index contributed by atoms with van der Waals surface area (Å²) in [6.07, 6.45) is 6.15. The van der Waals surface area contributed by atoms with Crippen LogP contribution in [0.3, 0.4) is 0 Å². The molecule has 1 N–H and O–H groups in total. The molecule has 2 heterocycles. The maximum absolute atomic E-state index is 13.4. The summed E-state index contributed by atoms with van der Waals surface area (Å²) in [5.74, 6) is 0.967. The average molecular weight is 360 g/mol. The van der Waals surface area contributed by atoms with Crippen LogP contribution in [0.25, 0.3) is 0 Å². The van der Waals surface area contributed by atoms with E-state index in [1.165, 1.54) is 32.4 Å². The maximum Gasteiger partial charge on any atom is 0.254 e. The van der Waals surface area contributed by atoms with E-state index in [1.54, 1.807) is 7.11 Å². The number of piperidine rings is 2. The van der Waals surface area contributed by atoms with Crippen LogP contribution in [0.2, 0.25) is 0 Å². The number of methoxy groups -OCH3 is 1. The lowest BCUT2D eigenvalue weighted by Crippen LogP contribution is -2.51. The molecule has 0 radical (unpaired) electrons. The minimum absolute atomic E-state index is 0.163. The first-order chi connectivity index (χ1) is 12.7. The van der Waals surface area contributed by atoms with Crippen molar-refractivity contribution in [2.75, 3.05) is 46.4 Å². The molecule has 2 aliphatic rings. The predicted octanol–water partition coefficient (Wildman–Crippen LogP) is 2.68. The standard InChI is InChI=1S/C21H33N3O2/c1-17-15-19(26-2)8-9-20(17)21(25)24(18-7-6-10-22-16-18)14-13-23-11-4-3-5-12-23/h8-9,15,18,22H,3-7,10-14,16H2,1-2H3. The van der Waals surface area contributed by atoms with Crippen molar-refractivity contribution >= 4 is 5.91 Å². The number of nitrogens with zero attached hydrogens (tertiary/aromatic N) is 2. The zero-order valence-corrected chi connectivity index (χ0v) is 16.3. The summed E-state index contributed by atoms with van der Waals surface area (Å²) in [5.41, 5.74) is 1.79. The van der Waals surface area contributed by atoms with Gasteiger partial charge in [0.2, 0.25) is 0 Å². The molecule has 0 spiro atoms. The second-order valence-electron chi connectivity index (χ2n) is 7.58. The van der Waals surface area contributed by atoms with Crippen molar-refractivity contribution in [1.29, 1.82) is 0 Å². The Morgan fingerprint density at radius 1 is 1.27 bits per heavy atom. The van der Waals surface area contributed by atoms with E-state index in [0.717, 1.165) is 55.9 Å². The lowest BCUT2D eigenvalue weighted by molar-refractivity contribution is 0.0612. The van der Waals surface area contributed by atoms with Crippen LogP contribution in [0, 0.1) is 6.92 Å². The van der Waals surface area contributed by atoms with Gasteiger partial charge < -0.3 is 19.9 Å². The Morgan fingerprint density at radius 2 is 2.08 bits per heavy atom. The first-order valence-electron chi connectivity index (χ1n) is 10.1. The van der Waals surface area contributed by atoms with E-state index < -0.39 is 0 Å². The number of likely N-dealkylation sites (tertiary alicyclic amines) is 1. The first kappa shape index (κ1) is 19.2. The molecule has 0 bridgehead atoms. The van der Waals surface area contributed by atoms with Crippen molar-refractivity contribution in [2.24, 2.45) is 0 Å². The highest BCUT2D eigenvalue weighted by molar-refractivity contribution is 5.96. The van der Waals surface area contributed by atoms with E-state index in [9.17, 15) is 4.79 Å². The Hall–Kier alpha value is -1.59. The molecule has 2 fully saturated rings. The number of carbonyl (C=O) groups excluding carboxylic acids is 1. The molecule has 5 nitrogen and oxygen atoms in total. The third-order valence-corrected chi connectivity index (χ3v) is 5.74. The third kappa shape index (κ3) is 4.77. The van der Waals surface area contributed by atoms with Gasteiger partial charge in [0, 0.05) is 31.2 Å². The van der Waals surface area contributed by atoms with Crippen LogP contribution in [0.5, 0.6) is 5.75 Å². The Labute approximate surface area is 157 Å². The van der Waals surface area contributed by atoms with Gasteiger partial charge in [-0.1, -0.05) is 6.42 Å². The Morgan fingerprint density at radius 3 is 2.73 bits per heavy atom. The summed E-state index contributed by atoms with van der Waals surface area (Å²) in [4.78, 5) is 18.0. The fourth-order valence-corrected chi connectivity index (χ4v) is 4.14. The lowest BCUT2D eigenvalue weighted by atomic mass is 10.0. The van der Waals surface area contributed by atoms with Gasteiger partial charge in [-0.05, 0) is 76.0 Å². The highest BCUT2D eigenvalue weighted by atomic mass is 16.5. The number of amides is 1. The molecule has 1 aromatic rings. The van der Waals surface area contributed by atoms with Crippen LogP contribution < -0.4 is 10.1 Å². The molecule has 0 saturated carbocycles. The molecule has 0 aliphatic carbocycles. The number of ether oxygens (including phenoxy) is 1. The van der Waals surface area contributed by atoms with Crippen molar-refractivity contribution in [2.45, 2.75) is 45.1 Å². The molecule has 3 rings (SSSR count). The molecule has 26 heavy (non-hydrogen) atoms. The second kappa shape index (κ2) is 9.38. The smallest absolute Gasteiger partial charge is 0.254 e. The van der Waals surface area contributed by atoms with Crippen molar-refractivity contribution < 1.29 is 9.53 Å². The fourth-order valence-electron chi connectivity index (χ4n) is 4.14. The van der Waals surface area contributed by atoms with E-state index >= 15 is 0 Å². The fraction of sp³-hybridized carbons (Fsp3) is 0.667. The topological polar surface area (TPSA) is 44.8 Å². The molecular formula is C21H33N3O2. The van der Waals surface area contributed by atoms with Gasteiger partial charge in [0.05, 0.1) is 7.11 Å². The van der Waals surface area contributed by atoms with Crippen LogP contribution in [0.4, 0.5) is 0 Å². The number of nitrogens with one attached hydrogen (secondary N) is 1. The summed E-state index contributed by atoms with van der Waals surface area (Å²) in [6, 6.07) is 6.06. The summed E-state index contributed by atoms with van der Waals surface area (Å²) in [7, 11) is 1.66. The van der Waals surface area contributed by atoms with E-state index in [2.05, 4.69) is 15.1 Å². The lowest BCUT2D eigenvalue weighted by Gasteiger charge is -2.37. The van der Waals surface area contributed by atoms with Gasteiger partial charge in [0.15, 0.2) is 0 Å². The highest BCUT2D eigenvalue weighted by Gasteiger charge is 2.27. The van der Waals surface area contributed by atoms with Gasteiger partial charge in [-0.2, -0.15) is 0 Å². The van der Waals surface area contributed by atoms with E-state index in [0.29, 0.717) is 6.04 Å². The van der Waals surface area contributed by atoms with Crippen molar-refractivity contribution in [3.8, 4) is 5.75 Å². The molecule has 0 aromatic heterocycles. The van der Waals surface area contributed by atoms with Crippen molar-refractivity contribution in [3.63, 3.8) is 0 Å². The quantitative estimate of drug-likeness (QED) is 0.848. The summed E-state index contributed by atoms with van der Waals surface area (Å²) < 4.78 is 5.29. The van der Waals surface area contributed by atoms with Gasteiger partial charge in [-0.15, -0.1) is 0 Å². The second-order valence-corrected chi connectivity index (χ2v) is 7.58. The Kier molecular flexibility index (Phi) is 6.92. The number of hydrogen-bond acceptors (Lipinski definition) is 4. The van der Waals surface area contributed by atoms with Crippen LogP contribution >= 0.6 is 0 Å². The number of carbonyl (C=O) groups is 1. The van der Waals surface area contributed by atoms with Crippen molar-refractivity contribution in [3.05, 3.63) is 29.3 Å². The van der Waals surface area contributed by atoms with Crippen LogP contribution in [0.1, 0.15) is 48.0 Å². The number of hydrogen-bond donors (Lipinski definition) is 1. The van der Waals surface area contributed by atoms with E-state index in [-0.39, 0.29) is 5.91 Å². The normalized spacial score (nSPS) is 21.4. The van der Waals surface area contributed by atoms with Crippen LogP contribution in [-0.2, 0) is 0 Å². The minimum Gasteiger partial charge on any atom is -0.497 e. The van der Waals surface area contributed by atoms with Crippen LogP contribution in [-0.4, -0.2) is 68.1 Å². The largest absolute Gasteiger partial charge is 0.497 e. The summed E-state index contributed by atoms with van der Waals surface area (Å²) in [5, 5.41) is 3.46. The summed E-state index contributed by atoms with van der Waals surface area (Å²) >= 11 is 0. The van der Waals surface area contributed by atoms with Gasteiger partial charge in [0.1, 0.15) is 5.75 Å². The number of benzene rings is 1. The summed E-state index contributed by atoms with van der Waals surface area (Å²) in [6.45, 7) is 8.11. The molecule has 2 aliphatic heterocycles. The maximum atomic E-state index is 13.4. The van der Waals surface area contributed by atoms with Gasteiger partial charge in [-0.3, -0.25) is 4.79 Å². The number of aryl methyl sites for hydroxylation is 1. The van der Waals surface area contributed by atoms with Gasteiger partial charge >= 0.3 is 0 Å². The molecular weight excluding hydrogens is 326 g/mol. The first-order valence-corrected chi connectivity index (χ1v) is 10.1. The molecule has 1 amide bonds. The Bertz CT molecular complexity index is 593. The van der Waals surface area contributed by atoms with Gasteiger partial charge in [0.25, 0.3) is 5.91 Å². The number of rotatable bonds is 6. The predicted molar refractivity (Wildman–Crippen MR) is 105 cm³/mol. The average Bonchev–Trinajstić information content (AvgIpc) is 2.69. The third-order valence-electron chi connectivity index (χ3n) is 5.74. The Balaban J connectivity index is 1.73. The van der Waals surface area contributed by atoms with Crippen LogP contribution in [0.15, 0.2) is 18.2 Å². The molecule has 144 valence electrons. The van der Waals surface area contributed by atoms with Crippen molar-refractivity contribution in [1.82, 2.24) is 15.1 Å². The van der Waals surface area contributed by atoms with E-state index in [1.807, 2.05) is 25.1 Å².